The molecule has 0 aliphatic carbocycles. The van der Waals surface area contributed by atoms with Gasteiger partial charge < -0.3 is 10.6 Å². The first-order chi connectivity index (χ1) is 13.6. The molecule has 0 unspecified atom stereocenters. The molecule has 2 aromatic rings. The van der Waals surface area contributed by atoms with E-state index in [1.807, 2.05) is 12.1 Å². The van der Waals surface area contributed by atoms with Gasteiger partial charge in [-0.25, -0.2) is 12.7 Å². The molecule has 2 aromatic carbocycles. The van der Waals surface area contributed by atoms with Crippen LogP contribution in [-0.2, 0) is 10.0 Å². The third kappa shape index (κ3) is 5.33. The summed E-state index contributed by atoms with van der Waals surface area (Å²) in [5, 5.41) is 6.61. The molecule has 0 amide bonds. The SMILES string of the molecule is CN=C(NCCN1CCCS1(=O)=O)NCC(c1ccccc1)c1ccccc1. The van der Waals surface area contributed by atoms with Crippen molar-refractivity contribution >= 4 is 16.0 Å². The molecule has 0 atom stereocenters. The lowest BCUT2D eigenvalue weighted by Crippen LogP contribution is -2.43. The maximum absolute atomic E-state index is 11.9. The lowest BCUT2D eigenvalue weighted by atomic mass is 9.91. The van der Waals surface area contributed by atoms with E-state index in [4.69, 9.17) is 0 Å². The Balaban J connectivity index is 1.58. The van der Waals surface area contributed by atoms with Gasteiger partial charge in [0.2, 0.25) is 10.0 Å². The van der Waals surface area contributed by atoms with Crippen LogP contribution in [0.15, 0.2) is 65.7 Å². The zero-order valence-electron chi connectivity index (χ0n) is 16.2. The Morgan fingerprint density at radius 1 is 1.04 bits per heavy atom. The quantitative estimate of drug-likeness (QED) is 0.551. The molecule has 1 saturated heterocycles. The van der Waals surface area contributed by atoms with Crippen molar-refractivity contribution in [3.63, 3.8) is 0 Å². The fraction of sp³-hybridized carbons (Fsp3) is 0.381. The predicted molar refractivity (Wildman–Crippen MR) is 114 cm³/mol. The summed E-state index contributed by atoms with van der Waals surface area (Å²) in [5.74, 6) is 1.13. The second-order valence-electron chi connectivity index (χ2n) is 6.82. The van der Waals surface area contributed by atoms with Crippen LogP contribution in [0, 0.1) is 0 Å². The minimum atomic E-state index is -3.06. The van der Waals surface area contributed by atoms with Crippen LogP contribution in [0.1, 0.15) is 23.5 Å². The number of rotatable bonds is 7. The van der Waals surface area contributed by atoms with E-state index in [2.05, 4.69) is 64.2 Å². The Hall–Kier alpha value is -2.38. The summed E-state index contributed by atoms with van der Waals surface area (Å²) in [6.45, 7) is 2.29. The normalized spacial score (nSPS) is 17.0. The third-order valence-electron chi connectivity index (χ3n) is 4.96. The van der Waals surface area contributed by atoms with Crippen LogP contribution in [0.3, 0.4) is 0 Å². The van der Waals surface area contributed by atoms with Gasteiger partial charge in [0.1, 0.15) is 0 Å². The average molecular weight is 401 g/mol. The number of sulfonamides is 1. The summed E-state index contributed by atoms with van der Waals surface area (Å²) in [6, 6.07) is 20.8. The van der Waals surface area contributed by atoms with Gasteiger partial charge in [0.25, 0.3) is 0 Å². The van der Waals surface area contributed by atoms with E-state index in [-0.39, 0.29) is 11.7 Å². The molecule has 1 heterocycles. The first-order valence-electron chi connectivity index (χ1n) is 9.62. The van der Waals surface area contributed by atoms with Gasteiger partial charge in [-0.1, -0.05) is 60.7 Å². The maximum atomic E-state index is 11.9. The molecule has 3 rings (SSSR count). The van der Waals surface area contributed by atoms with Gasteiger partial charge in [0.15, 0.2) is 5.96 Å². The molecule has 150 valence electrons. The second-order valence-corrected chi connectivity index (χ2v) is 8.91. The molecular formula is C21H28N4O2S. The number of aliphatic imine (C=N–C) groups is 1. The highest BCUT2D eigenvalue weighted by atomic mass is 32.2. The third-order valence-corrected chi connectivity index (χ3v) is 6.91. The van der Waals surface area contributed by atoms with Gasteiger partial charge in [0.05, 0.1) is 5.75 Å². The number of hydrogen-bond donors (Lipinski definition) is 2. The van der Waals surface area contributed by atoms with E-state index in [1.54, 1.807) is 11.4 Å². The highest BCUT2D eigenvalue weighted by Crippen LogP contribution is 2.23. The average Bonchev–Trinajstić information content (AvgIpc) is 3.06. The molecule has 0 spiro atoms. The van der Waals surface area contributed by atoms with Gasteiger partial charge in [-0.3, -0.25) is 4.99 Å². The molecule has 0 saturated carbocycles. The molecular weight excluding hydrogens is 372 g/mol. The van der Waals surface area contributed by atoms with Crippen molar-refractivity contribution in [3.05, 3.63) is 71.8 Å². The number of nitrogens with zero attached hydrogens (tertiary/aromatic N) is 2. The molecule has 0 radical (unpaired) electrons. The number of hydrogen-bond acceptors (Lipinski definition) is 3. The topological polar surface area (TPSA) is 73.8 Å². The summed E-state index contributed by atoms with van der Waals surface area (Å²) in [6.07, 6.45) is 0.713. The molecule has 1 aliphatic rings. The molecule has 1 fully saturated rings. The van der Waals surface area contributed by atoms with Gasteiger partial charge in [-0.15, -0.1) is 0 Å². The van der Waals surface area contributed by atoms with Crippen molar-refractivity contribution in [1.29, 1.82) is 0 Å². The van der Waals surface area contributed by atoms with Crippen molar-refractivity contribution in [2.45, 2.75) is 12.3 Å². The highest BCUT2D eigenvalue weighted by molar-refractivity contribution is 7.89. The monoisotopic (exact) mass is 400 g/mol. The van der Waals surface area contributed by atoms with E-state index in [9.17, 15) is 8.42 Å². The Bertz CT molecular complexity index is 830. The van der Waals surface area contributed by atoms with Crippen molar-refractivity contribution < 1.29 is 8.42 Å². The maximum Gasteiger partial charge on any atom is 0.214 e. The molecule has 6 nitrogen and oxygen atoms in total. The van der Waals surface area contributed by atoms with Gasteiger partial charge in [-0.05, 0) is 17.5 Å². The van der Waals surface area contributed by atoms with E-state index in [1.165, 1.54) is 11.1 Å². The zero-order chi connectivity index (χ0) is 19.8. The number of nitrogens with one attached hydrogen (secondary N) is 2. The molecule has 28 heavy (non-hydrogen) atoms. The fourth-order valence-corrected chi connectivity index (χ4v) is 4.99. The highest BCUT2D eigenvalue weighted by Gasteiger charge is 2.27. The van der Waals surface area contributed by atoms with Gasteiger partial charge in [0, 0.05) is 39.1 Å². The Morgan fingerprint density at radius 3 is 2.14 bits per heavy atom. The van der Waals surface area contributed by atoms with Gasteiger partial charge in [-0.2, -0.15) is 0 Å². The Kier molecular flexibility index (Phi) is 7.06. The van der Waals surface area contributed by atoms with Crippen LogP contribution in [0.25, 0.3) is 0 Å². The fourth-order valence-electron chi connectivity index (χ4n) is 3.46. The van der Waals surface area contributed by atoms with Crippen molar-refractivity contribution in [1.82, 2.24) is 14.9 Å². The summed E-state index contributed by atoms with van der Waals surface area (Å²) in [7, 11) is -1.33. The smallest absolute Gasteiger partial charge is 0.214 e. The van der Waals surface area contributed by atoms with Crippen LogP contribution in [0.4, 0.5) is 0 Å². The number of guanidine groups is 1. The standard InChI is InChI=1S/C21H28N4O2S/c1-22-21(23-13-15-25-14-8-16-28(25,26)27)24-17-20(18-9-4-2-5-10-18)19-11-6-3-7-12-19/h2-7,9-12,20H,8,13-17H2,1H3,(H2,22,23,24). The molecule has 2 N–H and O–H groups in total. The molecule has 7 heteroatoms. The summed E-state index contributed by atoms with van der Waals surface area (Å²) in [4.78, 5) is 4.27. The first-order valence-corrected chi connectivity index (χ1v) is 11.2. The van der Waals surface area contributed by atoms with Crippen molar-refractivity contribution in [3.8, 4) is 0 Å². The summed E-state index contributed by atoms with van der Waals surface area (Å²) >= 11 is 0. The number of benzene rings is 2. The first kappa shape index (κ1) is 20.4. The van der Waals surface area contributed by atoms with E-state index in [0.717, 1.165) is 0 Å². The van der Waals surface area contributed by atoms with Crippen LogP contribution in [-0.4, -0.2) is 57.7 Å². The lowest BCUT2D eigenvalue weighted by Gasteiger charge is -2.21. The van der Waals surface area contributed by atoms with Gasteiger partial charge >= 0.3 is 0 Å². The largest absolute Gasteiger partial charge is 0.355 e. The molecule has 1 aliphatic heterocycles. The van der Waals surface area contributed by atoms with Crippen LogP contribution >= 0.6 is 0 Å². The molecule has 0 aromatic heterocycles. The minimum absolute atomic E-state index is 0.194. The summed E-state index contributed by atoms with van der Waals surface area (Å²) < 4.78 is 25.3. The lowest BCUT2D eigenvalue weighted by molar-refractivity contribution is 0.445. The van der Waals surface area contributed by atoms with Crippen molar-refractivity contribution in [2.24, 2.45) is 4.99 Å². The second kappa shape index (κ2) is 9.71. The van der Waals surface area contributed by atoms with E-state index >= 15 is 0 Å². The minimum Gasteiger partial charge on any atom is -0.355 e. The summed E-state index contributed by atoms with van der Waals surface area (Å²) in [5.41, 5.74) is 2.47. The predicted octanol–water partition coefficient (Wildman–Crippen LogP) is 2.02. The van der Waals surface area contributed by atoms with Crippen LogP contribution < -0.4 is 10.6 Å². The van der Waals surface area contributed by atoms with Crippen LogP contribution in [0.5, 0.6) is 0 Å². The van der Waals surface area contributed by atoms with Crippen molar-refractivity contribution in [2.75, 3.05) is 39.0 Å². The van der Waals surface area contributed by atoms with E-state index < -0.39 is 10.0 Å². The van der Waals surface area contributed by atoms with E-state index in [0.29, 0.717) is 38.6 Å². The zero-order valence-corrected chi connectivity index (χ0v) is 17.0. The van der Waals surface area contributed by atoms with Crippen LogP contribution in [0.2, 0.25) is 0 Å². The Morgan fingerprint density at radius 2 is 1.64 bits per heavy atom. The Labute approximate surface area is 167 Å². The molecule has 0 bridgehead atoms.